The second kappa shape index (κ2) is 3.99. The number of hydrogen-bond acceptors (Lipinski definition) is 5. The maximum atomic E-state index is 8.99. The lowest BCUT2D eigenvalue weighted by molar-refractivity contribution is -0.145. The molecule has 0 radical (unpaired) electrons. The Kier molecular flexibility index (Phi) is 3.22. The van der Waals surface area contributed by atoms with Gasteiger partial charge < -0.3 is 24.8 Å². The van der Waals surface area contributed by atoms with Crippen LogP contribution in [0.4, 0.5) is 0 Å². The van der Waals surface area contributed by atoms with Gasteiger partial charge in [0.05, 0.1) is 19.8 Å². The fraction of sp³-hybridized carbons (Fsp3) is 1.00. The van der Waals surface area contributed by atoms with E-state index in [2.05, 4.69) is 0 Å². The molecule has 5 nitrogen and oxygen atoms in total. The number of aliphatic hydroxyl groups excluding tert-OH is 3. The fourth-order valence-electron chi connectivity index (χ4n) is 0.854. The highest BCUT2D eigenvalue weighted by molar-refractivity contribution is 4.69. The lowest BCUT2D eigenvalue weighted by Crippen LogP contribution is -2.31. The van der Waals surface area contributed by atoms with Crippen molar-refractivity contribution >= 4 is 0 Å². The van der Waals surface area contributed by atoms with Crippen molar-refractivity contribution in [2.75, 3.05) is 19.8 Å². The van der Waals surface area contributed by atoms with Gasteiger partial charge >= 0.3 is 0 Å². The van der Waals surface area contributed by atoms with Crippen LogP contribution in [0.1, 0.15) is 0 Å². The number of aliphatic hydroxyl groups is 3. The molecule has 0 aromatic heterocycles. The summed E-state index contributed by atoms with van der Waals surface area (Å²) >= 11 is 0. The molecule has 3 N–H and O–H groups in total. The van der Waals surface area contributed by atoms with Gasteiger partial charge in [-0.2, -0.15) is 0 Å². The van der Waals surface area contributed by atoms with Crippen molar-refractivity contribution in [2.24, 2.45) is 0 Å². The Morgan fingerprint density at radius 1 is 1.45 bits per heavy atom. The largest absolute Gasteiger partial charge is 0.394 e. The third-order valence-electron chi connectivity index (χ3n) is 1.48. The molecule has 0 aliphatic carbocycles. The summed E-state index contributed by atoms with van der Waals surface area (Å²) in [6, 6.07) is 0. The number of hydrogen-bond donors (Lipinski definition) is 3. The van der Waals surface area contributed by atoms with Crippen LogP contribution in [-0.4, -0.2) is 53.6 Å². The van der Waals surface area contributed by atoms with Crippen molar-refractivity contribution in [3.63, 3.8) is 0 Å². The summed E-state index contributed by atoms with van der Waals surface area (Å²) in [6.45, 7) is -0.268. The van der Waals surface area contributed by atoms with Crippen LogP contribution in [0.3, 0.4) is 0 Å². The molecule has 1 heterocycles. The molecule has 1 aliphatic rings. The quantitative estimate of drug-likeness (QED) is 0.453. The highest BCUT2D eigenvalue weighted by Crippen LogP contribution is 2.13. The van der Waals surface area contributed by atoms with E-state index in [1.807, 2.05) is 0 Å². The molecule has 5 heteroatoms. The van der Waals surface area contributed by atoms with E-state index in [1.165, 1.54) is 0 Å². The van der Waals surface area contributed by atoms with Gasteiger partial charge in [0.25, 0.3) is 0 Å². The molecule has 0 bridgehead atoms. The minimum Gasteiger partial charge on any atom is -0.394 e. The van der Waals surface area contributed by atoms with Crippen LogP contribution in [0.2, 0.25) is 0 Å². The summed E-state index contributed by atoms with van der Waals surface area (Å²) in [7, 11) is 0. The molecular formula is C6H12O5. The van der Waals surface area contributed by atoms with Crippen LogP contribution in [0.5, 0.6) is 0 Å². The van der Waals surface area contributed by atoms with Gasteiger partial charge in [-0.3, -0.25) is 0 Å². The molecule has 1 saturated heterocycles. The van der Waals surface area contributed by atoms with Gasteiger partial charge in [0.15, 0.2) is 6.29 Å². The Morgan fingerprint density at radius 3 is 2.64 bits per heavy atom. The van der Waals surface area contributed by atoms with Crippen molar-refractivity contribution in [3.05, 3.63) is 0 Å². The van der Waals surface area contributed by atoms with Crippen LogP contribution in [0.25, 0.3) is 0 Å². The lowest BCUT2D eigenvalue weighted by atomic mass is 10.4. The molecule has 3 unspecified atom stereocenters. The van der Waals surface area contributed by atoms with Crippen LogP contribution < -0.4 is 0 Å². The van der Waals surface area contributed by atoms with Gasteiger partial charge in [-0.05, 0) is 0 Å². The van der Waals surface area contributed by atoms with E-state index in [4.69, 9.17) is 24.8 Å². The van der Waals surface area contributed by atoms with E-state index in [-0.39, 0.29) is 19.3 Å². The van der Waals surface area contributed by atoms with Crippen molar-refractivity contribution in [2.45, 2.75) is 18.5 Å². The normalized spacial score (nSPS) is 34.1. The van der Waals surface area contributed by atoms with E-state index in [1.54, 1.807) is 0 Å². The van der Waals surface area contributed by atoms with Crippen LogP contribution in [-0.2, 0) is 9.47 Å². The van der Waals surface area contributed by atoms with Gasteiger partial charge in [0.1, 0.15) is 12.2 Å². The molecule has 1 rings (SSSR count). The first kappa shape index (κ1) is 8.89. The van der Waals surface area contributed by atoms with Gasteiger partial charge in [-0.25, -0.2) is 0 Å². The van der Waals surface area contributed by atoms with Gasteiger partial charge in [0, 0.05) is 0 Å². The molecule has 3 atom stereocenters. The Labute approximate surface area is 64.2 Å². The Morgan fingerprint density at radius 2 is 2.18 bits per heavy atom. The number of rotatable bonds is 3. The molecular weight excluding hydrogens is 152 g/mol. The molecule has 0 amide bonds. The van der Waals surface area contributed by atoms with Gasteiger partial charge in [-0.1, -0.05) is 0 Å². The van der Waals surface area contributed by atoms with Crippen molar-refractivity contribution < 1.29 is 24.8 Å². The average Bonchev–Trinajstić information content (AvgIpc) is 2.50. The summed E-state index contributed by atoms with van der Waals surface area (Å²) < 4.78 is 9.90. The zero-order chi connectivity index (χ0) is 8.27. The fourth-order valence-corrected chi connectivity index (χ4v) is 0.854. The Bertz CT molecular complexity index is 118. The molecule has 0 spiro atoms. The Hall–Kier alpha value is -0.200. The molecule has 11 heavy (non-hydrogen) atoms. The standard InChI is InChI=1S/C6H12O5/c7-1-4-3-10-6(11-4)5(9)2-8/h4-9H,1-3H2. The number of ether oxygens (including phenoxy) is 2. The van der Waals surface area contributed by atoms with Crippen LogP contribution in [0, 0.1) is 0 Å². The van der Waals surface area contributed by atoms with Gasteiger partial charge in [0.2, 0.25) is 0 Å². The first-order valence-corrected chi connectivity index (χ1v) is 3.44. The molecule has 0 aromatic rings. The monoisotopic (exact) mass is 164 g/mol. The van der Waals surface area contributed by atoms with Crippen molar-refractivity contribution in [3.8, 4) is 0 Å². The summed E-state index contributed by atoms with van der Waals surface area (Å²) in [6.07, 6.45) is -2.19. The van der Waals surface area contributed by atoms with Crippen LogP contribution in [0.15, 0.2) is 0 Å². The van der Waals surface area contributed by atoms with Crippen LogP contribution >= 0.6 is 0 Å². The van der Waals surface area contributed by atoms with Crippen molar-refractivity contribution in [1.82, 2.24) is 0 Å². The zero-order valence-corrected chi connectivity index (χ0v) is 6.01. The van der Waals surface area contributed by atoms with Crippen molar-refractivity contribution in [1.29, 1.82) is 0 Å². The molecule has 1 fully saturated rings. The summed E-state index contributed by atoms with van der Waals surface area (Å²) in [5.74, 6) is 0. The highest BCUT2D eigenvalue weighted by Gasteiger charge is 2.30. The first-order valence-electron chi connectivity index (χ1n) is 3.44. The minimum absolute atomic E-state index is 0.130. The van der Waals surface area contributed by atoms with Gasteiger partial charge in [-0.15, -0.1) is 0 Å². The minimum atomic E-state index is -1.02. The third-order valence-corrected chi connectivity index (χ3v) is 1.48. The Balaban J connectivity index is 2.29. The zero-order valence-electron chi connectivity index (χ0n) is 6.01. The summed E-state index contributed by atoms with van der Waals surface area (Å²) in [4.78, 5) is 0. The second-order valence-electron chi connectivity index (χ2n) is 2.39. The molecule has 0 aromatic carbocycles. The highest BCUT2D eigenvalue weighted by atomic mass is 16.7. The lowest BCUT2D eigenvalue weighted by Gasteiger charge is -2.14. The van der Waals surface area contributed by atoms with E-state index >= 15 is 0 Å². The molecule has 66 valence electrons. The summed E-state index contributed by atoms with van der Waals surface area (Å²) in [5.41, 5.74) is 0. The first-order chi connectivity index (χ1) is 5.27. The van der Waals surface area contributed by atoms with E-state index in [0.29, 0.717) is 0 Å². The average molecular weight is 164 g/mol. The smallest absolute Gasteiger partial charge is 0.186 e. The predicted octanol–water partition coefficient (Wildman–Crippen LogP) is -1.93. The molecule has 1 aliphatic heterocycles. The second-order valence-corrected chi connectivity index (χ2v) is 2.39. The summed E-state index contributed by atoms with van der Waals surface area (Å²) in [5, 5.41) is 26.1. The van der Waals surface area contributed by atoms with E-state index < -0.39 is 19.0 Å². The van der Waals surface area contributed by atoms with E-state index in [9.17, 15) is 0 Å². The van der Waals surface area contributed by atoms with E-state index in [0.717, 1.165) is 0 Å². The molecule has 0 saturated carbocycles. The maximum Gasteiger partial charge on any atom is 0.186 e. The SMILES string of the molecule is OCC1COC(C(O)CO)O1. The predicted molar refractivity (Wildman–Crippen MR) is 34.8 cm³/mol. The third kappa shape index (κ3) is 2.11. The maximum absolute atomic E-state index is 8.99. The topological polar surface area (TPSA) is 79.2 Å².